The summed E-state index contributed by atoms with van der Waals surface area (Å²) >= 11 is 9.02. The smallest absolute Gasteiger partial charge is 0.0931 e. The summed E-state index contributed by atoms with van der Waals surface area (Å²) < 4.78 is 0.764. The van der Waals surface area contributed by atoms with Gasteiger partial charge in [0.2, 0.25) is 0 Å². The molecule has 0 spiro atoms. The van der Waals surface area contributed by atoms with Crippen LogP contribution in [0.2, 0.25) is 5.02 Å². The van der Waals surface area contributed by atoms with E-state index in [1.54, 1.807) is 18.2 Å². The second-order valence-electron chi connectivity index (χ2n) is 2.54. The normalized spacial score (nSPS) is 12.2. The lowest BCUT2D eigenvalue weighted by Gasteiger charge is -2.09. The molecular weight excluding hydrogens is 253 g/mol. The van der Waals surface area contributed by atoms with Crippen molar-refractivity contribution in [2.75, 3.05) is 0 Å². The Morgan fingerprint density at radius 2 is 2.31 bits per heavy atom. The highest BCUT2D eigenvalue weighted by atomic mass is 79.9. The maximum atomic E-state index is 9.51. The average molecular weight is 261 g/mol. The molecule has 0 saturated carbocycles. The van der Waals surface area contributed by atoms with Crippen molar-refractivity contribution < 1.29 is 5.11 Å². The largest absolute Gasteiger partial charge is 0.387 e. The van der Waals surface area contributed by atoms with Crippen LogP contribution in [0.25, 0.3) is 0 Å². The van der Waals surface area contributed by atoms with Crippen LogP contribution < -0.4 is 0 Å². The molecule has 0 aromatic heterocycles. The fourth-order valence-corrected chi connectivity index (χ4v) is 1.66. The number of hydrogen-bond donors (Lipinski definition) is 1. The molecule has 1 atom stereocenters. The van der Waals surface area contributed by atoms with E-state index >= 15 is 0 Å². The summed E-state index contributed by atoms with van der Waals surface area (Å²) in [7, 11) is 0. The molecule has 0 aliphatic rings. The van der Waals surface area contributed by atoms with Crippen molar-refractivity contribution in [2.24, 2.45) is 0 Å². The standard InChI is InChI=1S/C9H7BrClNO/c10-8-2-1-6(11)5-7(8)9(13)3-4-12/h1-2,5,9,13H,3H2/t9-/m0/s1. The first-order valence-corrected chi connectivity index (χ1v) is 4.82. The van der Waals surface area contributed by atoms with Gasteiger partial charge in [0, 0.05) is 9.50 Å². The van der Waals surface area contributed by atoms with Crippen LogP contribution >= 0.6 is 27.5 Å². The number of rotatable bonds is 2. The van der Waals surface area contributed by atoms with Gasteiger partial charge in [-0.05, 0) is 23.8 Å². The summed E-state index contributed by atoms with van der Waals surface area (Å²) in [5.74, 6) is 0. The van der Waals surface area contributed by atoms with Gasteiger partial charge >= 0.3 is 0 Å². The fraction of sp³-hybridized carbons (Fsp3) is 0.222. The van der Waals surface area contributed by atoms with Crippen molar-refractivity contribution in [3.05, 3.63) is 33.3 Å². The first-order valence-electron chi connectivity index (χ1n) is 3.65. The van der Waals surface area contributed by atoms with E-state index in [1.807, 2.05) is 6.07 Å². The summed E-state index contributed by atoms with van der Waals surface area (Å²) in [5.41, 5.74) is 0.647. The lowest BCUT2D eigenvalue weighted by molar-refractivity contribution is 0.182. The van der Waals surface area contributed by atoms with Crippen molar-refractivity contribution in [1.82, 2.24) is 0 Å². The SMILES string of the molecule is N#CC[C@H](O)c1cc(Cl)ccc1Br. The molecule has 1 rings (SSSR count). The van der Waals surface area contributed by atoms with Gasteiger partial charge in [-0.3, -0.25) is 0 Å². The minimum atomic E-state index is -0.780. The average Bonchev–Trinajstić information content (AvgIpc) is 2.09. The third kappa shape index (κ3) is 2.70. The summed E-state index contributed by atoms with van der Waals surface area (Å²) in [6, 6.07) is 7.01. The van der Waals surface area contributed by atoms with Gasteiger partial charge in [-0.1, -0.05) is 27.5 Å². The zero-order chi connectivity index (χ0) is 9.84. The topological polar surface area (TPSA) is 44.0 Å². The molecule has 2 nitrogen and oxygen atoms in total. The Balaban J connectivity index is 3.00. The number of nitrogens with zero attached hydrogens (tertiary/aromatic N) is 1. The monoisotopic (exact) mass is 259 g/mol. The summed E-state index contributed by atoms with van der Waals surface area (Å²) in [5, 5.41) is 18.5. The first-order chi connectivity index (χ1) is 6.15. The number of nitriles is 1. The number of benzene rings is 1. The Kier molecular flexibility index (Phi) is 3.73. The molecule has 0 saturated heterocycles. The van der Waals surface area contributed by atoms with Crippen LogP contribution in [0.1, 0.15) is 18.1 Å². The third-order valence-corrected chi connectivity index (χ3v) is 2.56. The number of aliphatic hydroxyl groups is 1. The van der Waals surface area contributed by atoms with Gasteiger partial charge in [-0.15, -0.1) is 0 Å². The van der Waals surface area contributed by atoms with Crippen LogP contribution in [0, 0.1) is 11.3 Å². The Labute approximate surface area is 89.9 Å². The van der Waals surface area contributed by atoms with E-state index in [0.717, 1.165) is 4.47 Å². The van der Waals surface area contributed by atoms with E-state index in [-0.39, 0.29) is 6.42 Å². The molecule has 1 aromatic carbocycles. The Morgan fingerprint density at radius 1 is 1.62 bits per heavy atom. The molecule has 0 fully saturated rings. The molecule has 0 aliphatic heterocycles. The van der Waals surface area contributed by atoms with Crippen molar-refractivity contribution in [3.63, 3.8) is 0 Å². The quantitative estimate of drug-likeness (QED) is 0.888. The molecule has 0 bridgehead atoms. The second-order valence-corrected chi connectivity index (χ2v) is 3.83. The molecule has 13 heavy (non-hydrogen) atoms. The Hall–Kier alpha value is -0.560. The molecule has 0 amide bonds. The highest BCUT2D eigenvalue weighted by Crippen LogP contribution is 2.28. The maximum absolute atomic E-state index is 9.51. The van der Waals surface area contributed by atoms with Crippen LogP contribution in [-0.4, -0.2) is 5.11 Å². The van der Waals surface area contributed by atoms with Crippen LogP contribution in [0.4, 0.5) is 0 Å². The highest BCUT2D eigenvalue weighted by molar-refractivity contribution is 9.10. The summed E-state index contributed by atoms with van der Waals surface area (Å²) in [6.45, 7) is 0. The maximum Gasteiger partial charge on any atom is 0.0931 e. The molecular formula is C9H7BrClNO. The molecule has 1 N–H and O–H groups in total. The van der Waals surface area contributed by atoms with Crippen molar-refractivity contribution in [1.29, 1.82) is 5.26 Å². The lowest BCUT2D eigenvalue weighted by atomic mass is 10.1. The molecule has 0 unspecified atom stereocenters. The van der Waals surface area contributed by atoms with Crippen molar-refractivity contribution >= 4 is 27.5 Å². The minimum absolute atomic E-state index is 0.0684. The van der Waals surface area contributed by atoms with Crippen LogP contribution in [0.15, 0.2) is 22.7 Å². The van der Waals surface area contributed by atoms with Crippen LogP contribution in [-0.2, 0) is 0 Å². The van der Waals surface area contributed by atoms with E-state index in [4.69, 9.17) is 16.9 Å². The molecule has 0 aliphatic carbocycles. The third-order valence-electron chi connectivity index (χ3n) is 1.60. The number of hydrogen-bond acceptors (Lipinski definition) is 2. The van der Waals surface area contributed by atoms with Crippen LogP contribution in [0.3, 0.4) is 0 Å². The van der Waals surface area contributed by atoms with Gasteiger partial charge < -0.3 is 5.11 Å². The van der Waals surface area contributed by atoms with Gasteiger partial charge in [0.1, 0.15) is 0 Å². The molecule has 4 heteroatoms. The van der Waals surface area contributed by atoms with Crippen LogP contribution in [0.5, 0.6) is 0 Å². The van der Waals surface area contributed by atoms with Gasteiger partial charge in [0.05, 0.1) is 18.6 Å². The predicted molar refractivity (Wildman–Crippen MR) is 54.3 cm³/mol. The number of halogens is 2. The van der Waals surface area contributed by atoms with E-state index < -0.39 is 6.10 Å². The lowest BCUT2D eigenvalue weighted by Crippen LogP contribution is -1.96. The van der Waals surface area contributed by atoms with E-state index in [0.29, 0.717) is 10.6 Å². The summed E-state index contributed by atoms with van der Waals surface area (Å²) in [6.07, 6.45) is -0.711. The second kappa shape index (κ2) is 4.61. The predicted octanol–water partition coefficient (Wildman–Crippen LogP) is 3.05. The van der Waals surface area contributed by atoms with E-state index in [9.17, 15) is 5.11 Å². The minimum Gasteiger partial charge on any atom is -0.387 e. The van der Waals surface area contributed by atoms with Crippen molar-refractivity contribution in [2.45, 2.75) is 12.5 Å². The van der Waals surface area contributed by atoms with Crippen molar-refractivity contribution in [3.8, 4) is 6.07 Å². The van der Waals surface area contributed by atoms with E-state index in [1.165, 1.54) is 0 Å². The van der Waals surface area contributed by atoms with Gasteiger partial charge in [0.15, 0.2) is 0 Å². The van der Waals surface area contributed by atoms with E-state index in [2.05, 4.69) is 15.9 Å². The highest BCUT2D eigenvalue weighted by Gasteiger charge is 2.10. The molecule has 68 valence electrons. The fourth-order valence-electron chi connectivity index (χ4n) is 0.966. The van der Waals surface area contributed by atoms with Gasteiger partial charge in [-0.2, -0.15) is 5.26 Å². The van der Waals surface area contributed by atoms with Gasteiger partial charge in [-0.25, -0.2) is 0 Å². The molecule has 0 heterocycles. The zero-order valence-corrected chi connectivity index (χ0v) is 9.01. The van der Waals surface area contributed by atoms with Gasteiger partial charge in [0.25, 0.3) is 0 Å². The zero-order valence-electron chi connectivity index (χ0n) is 6.67. The number of aliphatic hydroxyl groups excluding tert-OH is 1. The molecule has 1 aromatic rings. The molecule has 0 radical (unpaired) electrons. The Bertz CT molecular complexity index is 348. The Morgan fingerprint density at radius 3 is 2.92 bits per heavy atom. The summed E-state index contributed by atoms with van der Waals surface area (Å²) in [4.78, 5) is 0. The first kappa shape index (κ1) is 10.5.